The first kappa shape index (κ1) is 23.0. The minimum atomic E-state index is 0.0250. The van der Waals surface area contributed by atoms with Gasteiger partial charge in [0.05, 0.1) is 18.1 Å². The predicted molar refractivity (Wildman–Crippen MR) is 137 cm³/mol. The zero-order valence-electron chi connectivity index (χ0n) is 18.8. The number of amides is 1. The van der Waals surface area contributed by atoms with E-state index in [1.807, 2.05) is 53.4 Å². The van der Waals surface area contributed by atoms with Crippen LogP contribution in [0.2, 0.25) is 0 Å². The molecule has 168 valence electrons. The lowest BCUT2D eigenvalue weighted by Gasteiger charge is -2.15. The molecular weight excluding hydrogens is 428 g/mol. The number of rotatable bonds is 9. The number of aliphatic imine (C=N–C) groups is 1. The number of hydrogen-bond acceptors (Lipinski definition) is 4. The summed E-state index contributed by atoms with van der Waals surface area (Å²) in [5.74, 6) is 0.0250. The van der Waals surface area contributed by atoms with Crippen LogP contribution in [0.5, 0.6) is 0 Å². The molecule has 0 unspecified atom stereocenters. The number of carbonyl (C=O) groups excluding carboxylic acids is 1. The van der Waals surface area contributed by atoms with Gasteiger partial charge in [-0.1, -0.05) is 78.9 Å². The zero-order chi connectivity index (χ0) is 22.9. The van der Waals surface area contributed by atoms with Crippen molar-refractivity contribution in [3.05, 3.63) is 112 Å². The fourth-order valence-corrected chi connectivity index (χ4v) is 4.74. The molecular formula is C28H28N2O2S. The van der Waals surface area contributed by atoms with Gasteiger partial charge in [0.2, 0.25) is 0 Å². The van der Waals surface area contributed by atoms with Crippen LogP contribution in [0.4, 0.5) is 0 Å². The van der Waals surface area contributed by atoms with Gasteiger partial charge < -0.3 is 4.74 Å². The van der Waals surface area contributed by atoms with Crippen molar-refractivity contribution in [2.75, 3.05) is 13.7 Å². The molecule has 0 spiro atoms. The highest BCUT2D eigenvalue weighted by Gasteiger charge is 2.32. The summed E-state index contributed by atoms with van der Waals surface area (Å²) in [5.41, 5.74) is 4.49. The number of ether oxygens (including phenoxy) is 1. The van der Waals surface area contributed by atoms with Gasteiger partial charge in [0, 0.05) is 13.7 Å². The van der Waals surface area contributed by atoms with Crippen LogP contribution < -0.4 is 0 Å². The average molecular weight is 457 g/mol. The molecule has 1 fully saturated rings. The maximum absolute atomic E-state index is 13.3. The maximum atomic E-state index is 13.3. The van der Waals surface area contributed by atoms with E-state index >= 15 is 0 Å². The maximum Gasteiger partial charge on any atom is 0.266 e. The van der Waals surface area contributed by atoms with Crippen molar-refractivity contribution in [2.45, 2.75) is 26.0 Å². The molecule has 0 atom stereocenters. The number of nitrogens with zero attached hydrogens (tertiary/aromatic N) is 2. The molecule has 3 aromatic rings. The Labute approximate surface area is 200 Å². The van der Waals surface area contributed by atoms with E-state index in [9.17, 15) is 4.79 Å². The molecule has 1 heterocycles. The van der Waals surface area contributed by atoms with Crippen molar-refractivity contribution >= 4 is 28.9 Å². The van der Waals surface area contributed by atoms with Crippen LogP contribution in [-0.4, -0.2) is 29.6 Å². The molecule has 0 aromatic heterocycles. The summed E-state index contributed by atoms with van der Waals surface area (Å²) >= 11 is 1.46. The van der Waals surface area contributed by atoms with Gasteiger partial charge in [-0.05, 0) is 59.0 Å². The van der Waals surface area contributed by atoms with E-state index in [0.717, 1.165) is 34.7 Å². The minimum absolute atomic E-state index is 0.0250. The Balaban J connectivity index is 1.53. The normalized spacial score (nSPS) is 16.2. The highest BCUT2D eigenvalue weighted by molar-refractivity contribution is 8.18. The first-order chi connectivity index (χ1) is 16.2. The molecule has 4 rings (SSSR count). The van der Waals surface area contributed by atoms with E-state index in [1.54, 1.807) is 7.11 Å². The summed E-state index contributed by atoms with van der Waals surface area (Å²) in [6.45, 7) is 1.76. The fraction of sp³-hybridized carbons (Fsp3) is 0.214. The van der Waals surface area contributed by atoms with Crippen LogP contribution in [-0.2, 0) is 29.1 Å². The standard InChI is InChI=1S/C28H28N2O2S/c1-32-21-25-15-8-14-24(18-25)19-26-27(31)30(17-9-16-22-10-4-2-5-11-22)28(33-26)29-20-23-12-6-3-7-13-23/h2-8,10-15,18-19H,9,16-17,20-21H2,1H3/b26-19-,29-28-. The monoisotopic (exact) mass is 456 g/mol. The van der Waals surface area contributed by atoms with Gasteiger partial charge in [-0.25, -0.2) is 0 Å². The Morgan fingerprint density at radius 1 is 0.909 bits per heavy atom. The quantitative estimate of drug-likeness (QED) is 0.374. The highest BCUT2D eigenvalue weighted by Crippen LogP contribution is 2.33. The van der Waals surface area contributed by atoms with Gasteiger partial charge in [-0.15, -0.1) is 0 Å². The Hall–Kier alpha value is -3.15. The van der Waals surface area contributed by atoms with Crippen LogP contribution in [0.25, 0.3) is 6.08 Å². The smallest absolute Gasteiger partial charge is 0.266 e. The van der Waals surface area contributed by atoms with Gasteiger partial charge in [0.1, 0.15) is 0 Å². The highest BCUT2D eigenvalue weighted by atomic mass is 32.2. The molecule has 1 aliphatic rings. The molecule has 0 saturated carbocycles. The zero-order valence-corrected chi connectivity index (χ0v) is 19.6. The number of carbonyl (C=O) groups is 1. The molecule has 5 heteroatoms. The molecule has 0 N–H and O–H groups in total. The van der Waals surface area contributed by atoms with Crippen LogP contribution >= 0.6 is 11.8 Å². The lowest BCUT2D eigenvalue weighted by molar-refractivity contribution is -0.122. The summed E-state index contributed by atoms with van der Waals surface area (Å²) in [5, 5.41) is 0.774. The third kappa shape index (κ3) is 6.44. The molecule has 1 aliphatic heterocycles. The van der Waals surface area contributed by atoms with Crippen molar-refractivity contribution in [1.82, 2.24) is 4.90 Å². The Kier molecular flexibility index (Phi) is 8.12. The summed E-state index contributed by atoms with van der Waals surface area (Å²) in [4.78, 5) is 20.7. The largest absolute Gasteiger partial charge is 0.380 e. The lowest BCUT2D eigenvalue weighted by atomic mass is 10.1. The van der Waals surface area contributed by atoms with Crippen molar-refractivity contribution in [1.29, 1.82) is 0 Å². The molecule has 0 bridgehead atoms. The average Bonchev–Trinajstić information content (AvgIpc) is 3.14. The SMILES string of the molecule is COCc1cccc(/C=C2\S/C(=N\Cc3ccccc3)N(CCCc3ccccc3)C2=O)c1. The van der Waals surface area contributed by atoms with Gasteiger partial charge in [-0.3, -0.25) is 14.7 Å². The van der Waals surface area contributed by atoms with E-state index in [1.165, 1.54) is 17.3 Å². The summed E-state index contributed by atoms with van der Waals surface area (Å²) < 4.78 is 5.24. The molecule has 1 amide bonds. The fourth-order valence-electron chi connectivity index (χ4n) is 3.74. The predicted octanol–water partition coefficient (Wildman–Crippen LogP) is 5.94. The topological polar surface area (TPSA) is 41.9 Å². The second-order valence-electron chi connectivity index (χ2n) is 7.92. The number of aryl methyl sites for hydroxylation is 1. The van der Waals surface area contributed by atoms with Gasteiger partial charge >= 0.3 is 0 Å². The van der Waals surface area contributed by atoms with Gasteiger partial charge in [-0.2, -0.15) is 0 Å². The Bertz CT molecular complexity index is 1130. The molecule has 4 nitrogen and oxygen atoms in total. The van der Waals surface area contributed by atoms with Crippen molar-refractivity contribution in [3.8, 4) is 0 Å². The molecule has 3 aromatic carbocycles. The van der Waals surface area contributed by atoms with Crippen molar-refractivity contribution in [2.24, 2.45) is 4.99 Å². The van der Waals surface area contributed by atoms with E-state index in [0.29, 0.717) is 24.6 Å². The first-order valence-electron chi connectivity index (χ1n) is 11.1. The third-order valence-corrected chi connectivity index (χ3v) is 6.42. The number of thioether (sulfide) groups is 1. The van der Waals surface area contributed by atoms with Crippen LogP contribution in [0, 0.1) is 0 Å². The molecule has 0 radical (unpaired) electrons. The lowest BCUT2D eigenvalue weighted by Crippen LogP contribution is -2.30. The third-order valence-electron chi connectivity index (χ3n) is 5.38. The van der Waals surface area contributed by atoms with Crippen molar-refractivity contribution < 1.29 is 9.53 Å². The minimum Gasteiger partial charge on any atom is -0.380 e. The van der Waals surface area contributed by atoms with Crippen LogP contribution in [0.1, 0.15) is 28.7 Å². The van der Waals surface area contributed by atoms with Gasteiger partial charge in [0.15, 0.2) is 5.17 Å². The van der Waals surface area contributed by atoms with E-state index in [2.05, 4.69) is 42.5 Å². The molecule has 1 saturated heterocycles. The summed E-state index contributed by atoms with van der Waals surface area (Å²) in [7, 11) is 1.68. The van der Waals surface area contributed by atoms with E-state index in [-0.39, 0.29) is 5.91 Å². The van der Waals surface area contributed by atoms with E-state index in [4.69, 9.17) is 9.73 Å². The molecule has 33 heavy (non-hydrogen) atoms. The summed E-state index contributed by atoms with van der Waals surface area (Å²) in [6.07, 6.45) is 3.78. The number of methoxy groups -OCH3 is 1. The molecule has 0 aliphatic carbocycles. The Morgan fingerprint density at radius 3 is 2.33 bits per heavy atom. The number of hydrogen-bond donors (Lipinski definition) is 0. The second-order valence-corrected chi connectivity index (χ2v) is 8.93. The summed E-state index contributed by atoms with van der Waals surface area (Å²) in [6, 6.07) is 28.6. The van der Waals surface area contributed by atoms with E-state index < -0.39 is 0 Å². The number of amidine groups is 1. The second kappa shape index (κ2) is 11.6. The van der Waals surface area contributed by atoms with Crippen LogP contribution in [0.3, 0.4) is 0 Å². The van der Waals surface area contributed by atoms with Gasteiger partial charge in [0.25, 0.3) is 5.91 Å². The number of benzene rings is 3. The first-order valence-corrected chi connectivity index (χ1v) is 12.0. The van der Waals surface area contributed by atoms with Crippen LogP contribution in [0.15, 0.2) is 94.8 Å². The van der Waals surface area contributed by atoms with Crippen molar-refractivity contribution in [3.63, 3.8) is 0 Å². The Morgan fingerprint density at radius 2 is 1.61 bits per heavy atom.